The average Bonchev–Trinajstić information content (AvgIpc) is 3.14. The molecule has 4 bridgehead atoms. The topological polar surface area (TPSA) is 26.3 Å². The quantitative estimate of drug-likeness (QED) is 0.786. The monoisotopic (exact) mass is 350 g/mol. The molecule has 0 N–H and O–H groups in total. The van der Waals surface area contributed by atoms with Gasteiger partial charge in [-0.2, -0.15) is 0 Å². The van der Waals surface area contributed by atoms with Gasteiger partial charge in [-0.1, -0.05) is 74.5 Å². The molecule has 0 aromatic heterocycles. The molecule has 2 aromatic rings. The number of benzene rings is 2. The molecule has 25 heavy (non-hydrogen) atoms. The van der Waals surface area contributed by atoms with Gasteiger partial charge in [-0.15, -0.1) is 0 Å². The van der Waals surface area contributed by atoms with Gasteiger partial charge in [0.05, 0.1) is 6.61 Å². The minimum atomic E-state index is -0.884. The number of carbonyl (C=O) groups excluding carboxylic acids is 1. The first-order chi connectivity index (χ1) is 12.0. The molecule has 0 radical (unpaired) electrons. The molecule has 2 saturated carbocycles. The van der Waals surface area contributed by atoms with Crippen LogP contribution in [0, 0.1) is 16.7 Å². The molecule has 1 saturated heterocycles. The van der Waals surface area contributed by atoms with E-state index in [0.717, 1.165) is 19.4 Å². The van der Waals surface area contributed by atoms with Crippen LogP contribution in [0.3, 0.4) is 0 Å². The molecule has 3 aliphatic rings. The van der Waals surface area contributed by atoms with Gasteiger partial charge < -0.3 is 4.74 Å². The molecule has 128 valence electrons. The molecule has 5 rings (SSSR count). The lowest BCUT2D eigenvalue weighted by atomic mass is 9.69. The summed E-state index contributed by atoms with van der Waals surface area (Å²) in [6.07, 6.45) is 2.13. The molecule has 2 aliphatic carbocycles. The fourth-order valence-electron chi connectivity index (χ4n) is 5.67. The third-order valence-electron chi connectivity index (χ3n) is 7.21. The number of ketones is 1. The van der Waals surface area contributed by atoms with E-state index in [1.165, 1.54) is 10.6 Å². The van der Waals surface area contributed by atoms with Crippen LogP contribution in [0.25, 0.3) is 0 Å². The molecule has 0 amide bonds. The predicted octanol–water partition coefficient (Wildman–Crippen LogP) is 3.85. The van der Waals surface area contributed by atoms with E-state index in [0.29, 0.717) is 11.7 Å². The highest BCUT2D eigenvalue weighted by Crippen LogP contribution is 2.78. The van der Waals surface area contributed by atoms with Crippen molar-refractivity contribution in [1.29, 1.82) is 0 Å². The normalized spacial score (nSPS) is 38.7. The molecule has 2 nitrogen and oxygen atoms in total. The summed E-state index contributed by atoms with van der Waals surface area (Å²) < 4.78 is 6.50. The zero-order valence-electron chi connectivity index (χ0n) is 14.7. The largest absolute Gasteiger partial charge is 0.361 e. The minimum Gasteiger partial charge on any atom is -0.361 e. The lowest BCUT2D eigenvalue weighted by molar-refractivity contribution is -0.150. The Balaban J connectivity index is 1.75. The zero-order valence-corrected chi connectivity index (χ0v) is 15.6. The van der Waals surface area contributed by atoms with Crippen LogP contribution in [-0.4, -0.2) is 17.7 Å². The molecule has 0 spiro atoms. The van der Waals surface area contributed by atoms with Crippen LogP contribution in [0.4, 0.5) is 0 Å². The van der Waals surface area contributed by atoms with Gasteiger partial charge in [-0.05, 0) is 31.4 Å². The van der Waals surface area contributed by atoms with E-state index < -0.39 is 13.3 Å². The predicted molar refractivity (Wildman–Crippen MR) is 102 cm³/mol. The molecular formula is C22H23O2P. The van der Waals surface area contributed by atoms with Crippen molar-refractivity contribution in [2.45, 2.75) is 32.0 Å². The van der Waals surface area contributed by atoms with Crippen molar-refractivity contribution in [1.82, 2.24) is 0 Å². The van der Waals surface area contributed by atoms with E-state index in [2.05, 4.69) is 62.4 Å². The second-order valence-corrected chi connectivity index (χ2v) is 10.5. The van der Waals surface area contributed by atoms with E-state index in [1.807, 2.05) is 12.1 Å². The highest BCUT2D eigenvalue weighted by Gasteiger charge is 2.81. The minimum absolute atomic E-state index is 0.00573. The summed E-state index contributed by atoms with van der Waals surface area (Å²) in [7, 11) is -0.884. The Hall–Kier alpha value is -1.50. The number of hydrogen-bond acceptors (Lipinski definition) is 2. The van der Waals surface area contributed by atoms with Gasteiger partial charge in [-0.25, -0.2) is 0 Å². The molecule has 3 heteroatoms. The van der Waals surface area contributed by atoms with Gasteiger partial charge in [0, 0.05) is 16.7 Å². The fourth-order valence-corrected chi connectivity index (χ4v) is 9.05. The van der Waals surface area contributed by atoms with Gasteiger partial charge >= 0.3 is 0 Å². The Morgan fingerprint density at radius 3 is 2.00 bits per heavy atom. The van der Waals surface area contributed by atoms with E-state index in [9.17, 15) is 4.79 Å². The Morgan fingerprint density at radius 2 is 1.52 bits per heavy atom. The van der Waals surface area contributed by atoms with Gasteiger partial charge in [0.25, 0.3) is 0 Å². The SMILES string of the molecule is C[C@@]12CC[C@H]3[C@@](P(c4ccccc4)c4ccccc4)(OC[C@]31C)C2=O. The van der Waals surface area contributed by atoms with Crippen LogP contribution >= 0.6 is 7.92 Å². The Labute approximate surface area is 150 Å². The van der Waals surface area contributed by atoms with Crippen LogP contribution in [0.15, 0.2) is 60.7 Å². The van der Waals surface area contributed by atoms with Crippen LogP contribution in [0.2, 0.25) is 0 Å². The number of carbonyl (C=O) groups is 1. The summed E-state index contributed by atoms with van der Waals surface area (Å²) >= 11 is 0. The first-order valence-electron chi connectivity index (χ1n) is 9.13. The van der Waals surface area contributed by atoms with Gasteiger partial charge in [0.15, 0.2) is 11.1 Å². The van der Waals surface area contributed by atoms with Crippen molar-refractivity contribution in [2.24, 2.45) is 16.7 Å². The van der Waals surface area contributed by atoms with Crippen LogP contribution < -0.4 is 10.6 Å². The number of ether oxygens (including phenoxy) is 1. The third-order valence-corrected chi connectivity index (χ3v) is 10.2. The summed E-state index contributed by atoms with van der Waals surface area (Å²) in [6, 6.07) is 21.1. The molecule has 2 aromatic carbocycles. The highest BCUT2D eigenvalue weighted by atomic mass is 31.1. The van der Waals surface area contributed by atoms with E-state index >= 15 is 0 Å². The molecule has 1 heterocycles. The fraction of sp³-hybridized carbons (Fsp3) is 0.409. The molecular weight excluding hydrogens is 327 g/mol. The second-order valence-electron chi connectivity index (χ2n) is 8.16. The van der Waals surface area contributed by atoms with Crippen LogP contribution in [-0.2, 0) is 9.53 Å². The first kappa shape index (κ1) is 15.7. The Morgan fingerprint density at radius 1 is 0.960 bits per heavy atom. The second kappa shape index (κ2) is 5.02. The number of rotatable bonds is 3. The Kier molecular flexibility index (Phi) is 3.16. The maximum atomic E-state index is 13.8. The maximum absolute atomic E-state index is 13.8. The molecule has 1 aliphatic heterocycles. The van der Waals surface area contributed by atoms with E-state index in [4.69, 9.17) is 4.74 Å². The summed E-state index contributed by atoms with van der Waals surface area (Å²) in [4.78, 5) is 13.8. The lowest BCUT2D eigenvalue weighted by Crippen LogP contribution is -2.52. The molecule has 4 atom stereocenters. The average molecular weight is 350 g/mol. The highest BCUT2D eigenvalue weighted by molar-refractivity contribution is 7.75. The van der Waals surface area contributed by atoms with Gasteiger partial charge in [0.1, 0.15) is 0 Å². The van der Waals surface area contributed by atoms with Crippen molar-refractivity contribution in [3.8, 4) is 0 Å². The van der Waals surface area contributed by atoms with Crippen LogP contribution in [0.1, 0.15) is 26.7 Å². The zero-order chi connectivity index (χ0) is 17.3. The third kappa shape index (κ3) is 1.70. The van der Waals surface area contributed by atoms with Gasteiger partial charge in [0.2, 0.25) is 0 Å². The summed E-state index contributed by atoms with van der Waals surface area (Å²) in [6.45, 7) is 5.21. The van der Waals surface area contributed by atoms with Crippen molar-refractivity contribution >= 4 is 24.3 Å². The lowest BCUT2D eigenvalue weighted by Gasteiger charge is -2.44. The summed E-state index contributed by atoms with van der Waals surface area (Å²) in [5.41, 5.74) is -0.228. The van der Waals surface area contributed by atoms with Crippen molar-refractivity contribution in [3.63, 3.8) is 0 Å². The Bertz CT molecular complexity index is 796. The maximum Gasteiger partial charge on any atom is 0.176 e. The molecule has 3 fully saturated rings. The molecule has 0 unspecified atom stereocenters. The van der Waals surface area contributed by atoms with Crippen molar-refractivity contribution < 1.29 is 9.53 Å². The van der Waals surface area contributed by atoms with Gasteiger partial charge in [-0.3, -0.25) is 4.79 Å². The van der Waals surface area contributed by atoms with E-state index in [-0.39, 0.29) is 10.8 Å². The first-order valence-corrected chi connectivity index (χ1v) is 10.5. The van der Waals surface area contributed by atoms with E-state index in [1.54, 1.807) is 0 Å². The number of hydrogen-bond donors (Lipinski definition) is 0. The van der Waals surface area contributed by atoms with Crippen molar-refractivity contribution in [2.75, 3.05) is 6.61 Å². The summed E-state index contributed by atoms with van der Waals surface area (Å²) in [5, 5.41) is 1.86. The summed E-state index contributed by atoms with van der Waals surface area (Å²) in [5.74, 6) is 0.702. The standard InChI is InChI=1S/C22H23O2P/c1-20-14-13-18-21(20,2)15-24-22(18,19(20)23)25(16-9-5-3-6-10-16)17-11-7-4-8-12-17/h3-12,18H,13-15H2,1-2H3/t18-,20+,21-,22+/m1/s1. The van der Waals surface area contributed by atoms with Crippen LogP contribution in [0.5, 0.6) is 0 Å². The van der Waals surface area contributed by atoms with Crippen molar-refractivity contribution in [3.05, 3.63) is 60.7 Å². The smallest absolute Gasteiger partial charge is 0.176 e. The number of Topliss-reactive ketones (excluding diaryl/α,β-unsaturated/α-hetero) is 1.